The Morgan fingerprint density at radius 1 is 1.14 bits per heavy atom. The van der Waals surface area contributed by atoms with Crippen LogP contribution in [0.2, 0.25) is 0 Å². The van der Waals surface area contributed by atoms with Crippen LogP contribution in [0.3, 0.4) is 0 Å². The quantitative estimate of drug-likeness (QED) is 0.612. The van der Waals surface area contributed by atoms with Crippen LogP contribution in [0.1, 0.15) is 55.6 Å². The van der Waals surface area contributed by atoms with E-state index in [0.29, 0.717) is 0 Å². The molecule has 0 bridgehead atoms. The van der Waals surface area contributed by atoms with Crippen molar-refractivity contribution in [2.75, 3.05) is 0 Å². The van der Waals surface area contributed by atoms with Gasteiger partial charge in [0.1, 0.15) is 0 Å². The molecule has 1 nitrogen and oxygen atoms in total. The van der Waals surface area contributed by atoms with Crippen molar-refractivity contribution in [3.8, 4) is 0 Å². The molecule has 0 N–H and O–H groups in total. The summed E-state index contributed by atoms with van der Waals surface area (Å²) in [5.74, 6) is 0.784. The second-order valence-corrected chi connectivity index (χ2v) is 4.42. The van der Waals surface area contributed by atoms with Gasteiger partial charge in [-0.1, -0.05) is 25.7 Å². The van der Waals surface area contributed by atoms with E-state index in [1.165, 1.54) is 49.7 Å². The monoisotopic (exact) mass is 189 g/mol. The second-order valence-electron chi connectivity index (χ2n) is 4.42. The maximum absolute atomic E-state index is 4.25. The van der Waals surface area contributed by atoms with Crippen LogP contribution in [0.25, 0.3) is 0 Å². The summed E-state index contributed by atoms with van der Waals surface area (Å²) in [4.78, 5) is 4.25. The van der Waals surface area contributed by atoms with Crippen molar-refractivity contribution < 1.29 is 0 Å². The van der Waals surface area contributed by atoms with Crippen LogP contribution < -0.4 is 0 Å². The van der Waals surface area contributed by atoms with Gasteiger partial charge in [-0.2, -0.15) is 0 Å². The molecule has 0 radical (unpaired) electrons. The maximum atomic E-state index is 4.25. The SMILES string of the molecule is Cc1ccncc1C1CCCCCC1. The average Bonchev–Trinajstić information content (AvgIpc) is 2.47. The van der Waals surface area contributed by atoms with Gasteiger partial charge in [-0.25, -0.2) is 0 Å². The molecule has 1 aromatic rings. The van der Waals surface area contributed by atoms with E-state index in [9.17, 15) is 0 Å². The first-order valence-electron chi connectivity index (χ1n) is 5.78. The standard InChI is InChI=1S/C13H19N/c1-11-8-9-14-10-13(11)12-6-4-2-3-5-7-12/h8-10,12H,2-7H2,1H3. The van der Waals surface area contributed by atoms with Gasteiger partial charge < -0.3 is 0 Å². The summed E-state index contributed by atoms with van der Waals surface area (Å²) in [6, 6.07) is 2.14. The molecule has 14 heavy (non-hydrogen) atoms. The van der Waals surface area contributed by atoms with Crippen LogP contribution in [0.4, 0.5) is 0 Å². The van der Waals surface area contributed by atoms with E-state index < -0.39 is 0 Å². The number of aromatic nitrogens is 1. The van der Waals surface area contributed by atoms with Gasteiger partial charge in [0.25, 0.3) is 0 Å². The summed E-state index contributed by atoms with van der Waals surface area (Å²) in [5, 5.41) is 0. The van der Waals surface area contributed by atoms with E-state index in [0.717, 1.165) is 5.92 Å². The lowest BCUT2D eigenvalue weighted by Gasteiger charge is -2.15. The Morgan fingerprint density at radius 2 is 1.86 bits per heavy atom. The highest BCUT2D eigenvalue weighted by molar-refractivity contribution is 5.25. The van der Waals surface area contributed by atoms with E-state index in [1.807, 2.05) is 6.20 Å². The molecule has 0 atom stereocenters. The van der Waals surface area contributed by atoms with Gasteiger partial charge in [-0.15, -0.1) is 0 Å². The Bertz CT molecular complexity index is 285. The van der Waals surface area contributed by atoms with Crippen LogP contribution in [-0.2, 0) is 0 Å². The first-order chi connectivity index (χ1) is 6.88. The van der Waals surface area contributed by atoms with Crippen molar-refractivity contribution in [1.29, 1.82) is 0 Å². The summed E-state index contributed by atoms with van der Waals surface area (Å²) < 4.78 is 0. The smallest absolute Gasteiger partial charge is 0.0305 e. The normalized spacial score (nSPS) is 19.2. The lowest BCUT2D eigenvalue weighted by molar-refractivity contribution is 0.587. The van der Waals surface area contributed by atoms with Crippen molar-refractivity contribution in [3.63, 3.8) is 0 Å². The molecule has 1 aromatic heterocycles. The van der Waals surface area contributed by atoms with E-state index >= 15 is 0 Å². The van der Waals surface area contributed by atoms with Crippen molar-refractivity contribution in [2.45, 2.75) is 51.4 Å². The van der Waals surface area contributed by atoms with E-state index in [-0.39, 0.29) is 0 Å². The third-order valence-corrected chi connectivity index (χ3v) is 3.37. The summed E-state index contributed by atoms with van der Waals surface area (Å²) in [5.41, 5.74) is 2.92. The minimum atomic E-state index is 0.784. The molecule has 1 aliphatic carbocycles. The molecule has 0 aromatic carbocycles. The number of hydrogen-bond acceptors (Lipinski definition) is 1. The van der Waals surface area contributed by atoms with Crippen molar-refractivity contribution >= 4 is 0 Å². The molecule has 1 aliphatic rings. The molecule has 0 aliphatic heterocycles. The van der Waals surface area contributed by atoms with Gasteiger partial charge in [0.05, 0.1) is 0 Å². The zero-order valence-electron chi connectivity index (χ0n) is 9.00. The third kappa shape index (κ3) is 2.14. The Hall–Kier alpha value is -0.850. The fourth-order valence-corrected chi connectivity index (χ4v) is 2.49. The molecule has 1 fully saturated rings. The Balaban J connectivity index is 2.16. The second kappa shape index (κ2) is 4.59. The Labute approximate surface area is 86.6 Å². The predicted octanol–water partition coefficient (Wildman–Crippen LogP) is 3.83. The van der Waals surface area contributed by atoms with Gasteiger partial charge in [0.15, 0.2) is 0 Å². The van der Waals surface area contributed by atoms with Gasteiger partial charge in [0.2, 0.25) is 0 Å². The van der Waals surface area contributed by atoms with Crippen molar-refractivity contribution in [1.82, 2.24) is 4.98 Å². The summed E-state index contributed by atoms with van der Waals surface area (Å²) in [7, 11) is 0. The molecule has 0 saturated heterocycles. The topological polar surface area (TPSA) is 12.9 Å². The molecule has 1 heteroatoms. The van der Waals surface area contributed by atoms with E-state index in [1.54, 1.807) is 0 Å². The predicted molar refractivity (Wildman–Crippen MR) is 59.4 cm³/mol. The average molecular weight is 189 g/mol. The van der Waals surface area contributed by atoms with Gasteiger partial charge in [0, 0.05) is 12.4 Å². The molecular formula is C13H19N. The summed E-state index contributed by atoms with van der Waals surface area (Å²) in [6.07, 6.45) is 12.4. The van der Waals surface area contributed by atoms with E-state index in [2.05, 4.69) is 24.2 Å². The molecule has 0 unspecified atom stereocenters. The summed E-state index contributed by atoms with van der Waals surface area (Å²) in [6.45, 7) is 2.21. The summed E-state index contributed by atoms with van der Waals surface area (Å²) >= 11 is 0. The Morgan fingerprint density at radius 3 is 2.50 bits per heavy atom. The van der Waals surface area contributed by atoms with Crippen LogP contribution in [0.15, 0.2) is 18.5 Å². The lowest BCUT2D eigenvalue weighted by atomic mass is 9.90. The van der Waals surface area contributed by atoms with E-state index in [4.69, 9.17) is 0 Å². The van der Waals surface area contributed by atoms with Crippen molar-refractivity contribution in [3.05, 3.63) is 29.6 Å². The molecular weight excluding hydrogens is 170 g/mol. The molecule has 0 spiro atoms. The van der Waals surface area contributed by atoms with Crippen LogP contribution in [0.5, 0.6) is 0 Å². The highest BCUT2D eigenvalue weighted by Crippen LogP contribution is 2.32. The van der Waals surface area contributed by atoms with Gasteiger partial charge in [-0.05, 0) is 42.9 Å². The molecule has 2 rings (SSSR count). The first-order valence-corrected chi connectivity index (χ1v) is 5.78. The molecule has 1 heterocycles. The fraction of sp³-hybridized carbons (Fsp3) is 0.615. The van der Waals surface area contributed by atoms with Crippen LogP contribution in [0, 0.1) is 6.92 Å². The molecule has 1 saturated carbocycles. The van der Waals surface area contributed by atoms with Crippen LogP contribution >= 0.6 is 0 Å². The van der Waals surface area contributed by atoms with Crippen molar-refractivity contribution in [2.24, 2.45) is 0 Å². The van der Waals surface area contributed by atoms with Gasteiger partial charge >= 0.3 is 0 Å². The molecule has 0 amide bonds. The Kier molecular flexibility index (Phi) is 3.18. The number of pyridine rings is 1. The lowest BCUT2D eigenvalue weighted by Crippen LogP contribution is -2.00. The largest absolute Gasteiger partial charge is 0.264 e. The zero-order valence-corrected chi connectivity index (χ0v) is 9.00. The minimum Gasteiger partial charge on any atom is -0.264 e. The van der Waals surface area contributed by atoms with Gasteiger partial charge in [-0.3, -0.25) is 4.98 Å². The number of aryl methyl sites for hydroxylation is 1. The third-order valence-electron chi connectivity index (χ3n) is 3.37. The number of nitrogens with zero attached hydrogens (tertiary/aromatic N) is 1. The first kappa shape index (κ1) is 9.70. The fourth-order valence-electron chi connectivity index (χ4n) is 2.49. The van der Waals surface area contributed by atoms with Crippen LogP contribution in [-0.4, -0.2) is 4.98 Å². The number of hydrogen-bond donors (Lipinski definition) is 0. The molecule has 76 valence electrons. The highest BCUT2D eigenvalue weighted by Gasteiger charge is 2.15. The number of rotatable bonds is 1. The minimum absolute atomic E-state index is 0.784. The zero-order chi connectivity index (χ0) is 9.80. The highest BCUT2D eigenvalue weighted by atomic mass is 14.6. The maximum Gasteiger partial charge on any atom is 0.0305 e.